The minimum absolute atomic E-state index is 0.0658. The van der Waals surface area contributed by atoms with Gasteiger partial charge in [0, 0.05) is 31.8 Å². The third kappa shape index (κ3) is 4.79. The zero-order chi connectivity index (χ0) is 16.2. The standard InChI is InChI=1S/C15H22N2O4S/c1-21-11-12-5-7-13(8-6-12)15(18)17-9-3-4-14(10-17)16-22(2,19)20/h5-8,14,16H,3-4,9-11H2,1-2H3/t14-/m0/s1. The molecule has 6 nitrogen and oxygen atoms in total. The van der Waals surface area contributed by atoms with E-state index in [9.17, 15) is 13.2 Å². The van der Waals surface area contributed by atoms with Gasteiger partial charge in [0.05, 0.1) is 12.9 Å². The molecule has 0 saturated carbocycles. The molecule has 1 aliphatic heterocycles. The molecular formula is C15H22N2O4S. The first kappa shape index (κ1) is 16.9. The van der Waals surface area contributed by atoms with Crippen molar-refractivity contribution in [3.05, 3.63) is 35.4 Å². The lowest BCUT2D eigenvalue weighted by Gasteiger charge is -2.32. The van der Waals surface area contributed by atoms with Crippen LogP contribution in [0.3, 0.4) is 0 Å². The minimum atomic E-state index is -3.25. The monoisotopic (exact) mass is 326 g/mol. The summed E-state index contributed by atoms with van der Waals surface area (Å²) in [5.74, 6) is -0.0658. The summed E-state index contributed by atoms with van der Waals surface area (Å²) >= 11 is 0. The number of likely N-dealkylation sites (tertiary alicyclic amines) is 1. The van der Waals surface area contributed by atoms with Crippen LogP contribution in [0.1, 0.15) is 28.8 Å². The number of amides is 1. The van der Waals surface area contributed by atoms with Crippen LogP contribution in [0.25, 0.3) is 0 Å². The first-order valence-corrected chi connectivity index (χ1v) is 9.12. The second-order valence-electron chi connectivity index (χ2n) is 5.61. The van der Waals surface area contributed by atoms with Crippen molar-refractivity contribution in [1.82, 2.24) is 9.62 Å². The van der Waals surface area contributed by atoms with Gasteiger partial charge in [-0.1, -0.05) is 12.1 Å². The first-order valence-electron chi connectivity index (χ1n) is 7.23. The highest BCUT2D eigenvalue weighted by Gasteiger charge is 2.26. The van der Waals surface area contributed by atoms with Crippen LogP contribution in [0.2, 0.25) is 0 Å². The van der Waals surface area contributed by atoms with Gasteiger partial charge in [-0.3, -0.25) is 4.79 Å². The number of piperidine rings is 1. The number of methoxy groups -OCH3 is 1. The van der Waals surface area contributed by atoms with E-state index in [1.807, 2.05) is 12.1 Å². The smallest absolute Gasteiger partial charge is 0.253 e. The van der Waals surface area contributed by atoms with Crippen molar-refractivity contribution in [1.29, 1.82) is 0 Å². The van der Waals surface area contributed by atoms with Gasteiger partial charge in [0.15, 0.2) is 0 Å². The second-order valence-corrected chi connectivity index (χ2v) is 7.39. The number of carbonyl (C=O) groups is 1. The number of benzene rings is 1. The molecule has 122 valence electrons. The molecule has 0 bridgehead atoms. The quantitative estimate of drug-likeness (QED) is 0.875. The van der Waals surface area contributed by atoms with Gasteiger partial charge < -0.3 is 9.64 Å². The van der Waals surface area contributed by atoms with Gasteiger partial charge in [-0.2, -0.15) is 0 Å². The van der Waals surface area contributed by atoms with E-state index >= 15 is 0 Å². The average Bonchev–Trinajstić information content (AvgIpc) is 2.46. The molecule has 1 amide bonds. The number of carbonyl (C=O) groups excluding carboxylic acids is 1. The summed E-state index contributed by atoms with van der Waals surface area (Å²) in [6, 6.07) is 7.09. The van der Waals surface area contributed by atoms with E-state index in [4.69, 9.17) is 4.74 Å². The Bertz CT molecular complexity index is 613. The summed E-state index contributed by atoms with van der Waals surface area (Å²) < 4.78 is 30.3. The predicted molar refractivity (Wildman–Crippen MR) is 84.1 cm³/mol. The Balaban J connectivity index is 2.02. The molecule has 0 radical (unpaired) electrons. The fourth-order valence-corrected chi connectivity index (χ4v) is 3.45. The normalized spacial score (nSPS) is 19.2. The van der Waals surface area contributed by atoms with Crippen LogP contribution in [0.5, 0.6) is 0 Å². The van der Waals surface area contributed by atoms with Crippen molar-refractivity contribution in [2.75, 3.05) is 26.5 Å². The van der Waals surface area contributed by atoms with E-state index in [2.05, 4.69) is 4.72 Å². The van der Waals surface area contributed by atoms with Gasteiger partial charge in [-0.05, 0) is 30.5 Å². The Morgan fingerprint density at radius 3 is 2.64 bits per heavy atom. The van der Waals surface area contributed by atoms with E-state index in [1.54, 1.807) is 24.1 Å². The Labute approximate surface area is 131 Å². The molecule has 2 rings (SSSR count). The minimum Gasteiger partial charge on any atom is -0.380 e. The number of nitrogens with zero attached hydrogens (tertiary/aromatic N) is 1. The molecule has 1 fully saturated rings. The van der Waals surface area contributed by atoms with Gasteiger partial charge in [0.25, 0.3) is 5.91 Å². The summed E-state index contributed by atoms with van der Waals surface area (Å²) in [5, 5.41) is 0. The van der Waals surface area contributed by atoms with E-state index in [0.29, 0.717) is 25.3 Å². The van der Waals surface area contributed by atoms with E-state index < -0.39 is 10.0 Å². The number of hydrogen-bond acceptors (Lipinski definition) is 4. The topological polar surface area (TPSA) is 75.7 Å². The SMILES string of the molecule is COCc1ccc(C(=O)N2CCC[C@H](NS(C)(=O)=O)C2)cc1. The van der Waals surface area contributed by atoms with Crippen molar-refractivity contribution in [2.24, 2.45) is 0 Å². The van der Waals surface area contributed by atoms with E-state index in [0.717, 1.165) is 24.7 Å². The van der Waals surface area contributed by atoms with Gasteiger partial charge >= 0.3 is 0 Å². The molecule has 1 N–H and O–H groups in total. The fraction of sp³-hybridized carbons (Fsp3) is 0.533. The number of ether oxygens (including phenoxy) is 1. The highest BCUT2D eigenvalue weighted by molar-refractivity contribution is 7.88. The summed E-state index contributed by atoms with van der Waals surface area (Å²) in [7, 11) is -1.62. The Kier molecular flexibility index (Phi) is 5.55. The van der Waals surface area contributed by atoms with Crippen LogP contribution >= 0.6 is 0 Å². The molecular weight excluding hydrogens is 304 g/mol. The Hall–Kier alpha value is -1.44. The lowest BCUT2D eigenvalue weighted by molar-refractivity contribution is 0.0703. The summed E-state index contributed by atoms with van der Waals surface area (Å²) in [6.07, 6.45) is 2.69. The maximum atomic E-state index is 12.5. The highest BCUT2D eigenvalue weighted by atomic mass is 32.2. The fourth-order valence-electron chi connectivity index (χ4n) is 2.65. The summed E-state index contributed by atoms with van der Waals surface area (Å²) in [6.45, 7) is 1.57. The molecule has 1 aliphatic rings. The largest absolute Gasteiger partial charge is 0.380 e. The zero-order valence-corrected chi connectivity index (χ0v) is 13.7. The van der Waals surface area contributed by atoms with Crippen LogP contribution in [0.4, 0.5) is 0 Å². The third-order valence-corrected chi connectivity index (χ3v) is 4.36. The molecule has 22 heavy (non-hydrogen) atoms. The molecule has 1 heterocycles. The molecule has 1 aromatic carbocycles. The molecule has 7 heteroatoms. The van der Waals surface area contributed by atoms with Crippen molar-refractivity contribution in [3.8, 4) is 0 Å². The lowest BCUT2D eigenvalue weighted by Crippen LogP contribution is -2.49. The number of hydrogen-bond donors (Lipinski definition) is 1. The summed E-state index contributed by atoms with van der Waals surface area (Å²) in [4.78, 5) is 14.2. The molecule has 1 aromatic rings. The number of rotatable bonds is 5. The Morgan fingerprint density at radius 1 is 1.36 bits per heavy atom. The molecule has 1 atom stereocenters. The van der Waals surface area contributed by atoms with E-state index in [-0.39, 0.29) is 11.9 Å². The van der Waals surface area contributed by atoms with Crippen molar-refractivity contribution >= 4 is 15.9 Å². The molecule has 1 saturated heterocycles. The molecule has 0 unspecified atom stereocenters. The summed E-state index contributed by atoms with van der Waals surface area (Å²) in [5.41, 5.74) is 1.62. The second kappa shape index (κ2) is 7.21. The van der Waals surface area contributed by atoms with Crippen LogP contribution < -0.4 is 4.72 Å². The average molecular weight is 326 g/mol. The zero-order valence-electron chi connectivity index (χ0n) is 12.9. The van der Waals surface area contributed by atoms with Gasteiger partial charge in [-0.25, -0.2) is 13.1 Å². The maximum absolute atomic E-state index is 12.5. The van der Waals surface area contributed by atoms with Crippen molar-refractivity contribution in [2.45, 2.75) is 25.5 Å². The van der Waals surface area contributed by atoms with Crippen LogP contribution in [-0.2, 0) is 21.4 Å². The van der Waals surface area contributed by atoms with Crippen LogP contribution in [0, 0.1) is 0 Å². The number of nitrogens with one attached hydrogen (secondary N) is 1. The predicted octanol–water partition coefficient (Wildman–Crippen LogP) is 0.987. The molecule has 0 spiro atoms. The molecule has 0 aliphatic carbocycles. The third-order valence-electron chi connectivity index (χ3n) is 3.60. The van der Waals surface area contributed by atoms with Crippen LogP contribution in [0.15, 0.2) is 24.3 Å². The van der Waals surface area contributed by atoms with Gasteiger partial charge in [0.1, 0.15) is 0 Å². The highest BCUT2D eigenvalue weighted by Crippen LogP contribution is 2.15. The molecule has 0 aromatic heterocycles. The van der Waals surface area contributed by atoms with Crippen molar-refractivity contribution < 1.29 is 17.9 Å². The van der Waals surface area contributed by atoms with Crippen molar-refractivity contribution in [3.63, 3.8) is 0 Å². The van der Waals surface area contributed by atoms with E-state index in [1.165, 1.54) is 0 Å². The van der Waals surface area contributed by atoms with Crippen LogP contribution in [-0.4, -0.2) is 51.7 Å². The lowest BCUT2D eigenvalue weighted by atomic mass is 10.0. The van der Waals surface area contributed by atoms with Gasteiger partial charge in [0.2, 0.25) is 10.0 Å². The van der Waals surface area contributed by atoms with Gasteiger partial charge in [-0.15, -0.1) is 0 Å². The first-order chi connectivity index (χ1) is 10.4. The maximum Gasteiger partial charge on any atom is 0.253 e. The number of sulfonamides is 1. The Morgan fingerprint density at radius 2 is 2.05 bits per heavy atom.